The second-order valence-electron chi connectivity index (χ2n) is 4.24. The Balaban J connectivity index is 2.06. The minimum Gasteiger partial charge on any atom is -0.324 e. The van der Waals surface area contributed by atoms with Gasteiger partial charge in [0.1, 0.15) is 16.7 Å². The van der Waals surface area contributed by atoms with Gasteiger partial charge in [0.05, 0.1) is 11.6 Å². The van der Waals surface area contributed by atoms with E-state index >= 15 is 0 Å². The van der Waals surface area contributed by atoms with Crippen molar-refractivity contribution in [3.63, 3.8) is 0 Å². The van der Waals surface area contributed by atoms with Gasteiger partial charge in [-0.2, -0.15) is 0 Å². The van der Waals surface area contributed by atoms with E-state index in [0.717, 1.165) is 6.07 Å². The molecule has 0 spiro atoms. The largest absolute Gasteiger partial charge is 0.324 e. The molecular formula is C12H12ClF2NO3. The van der Waals surface area contributed by atoms with E-state index < -0.39 is 29.7 Å². The van der Waals surface area contributed by atoms with Gasteiger partial charge in [-0.15, -0.1) is 0 Å². The average molecular weight is 292 g/mol. The summed E-state index contributed by atoms with van der Waals surface area (Å²) >= 11 is 5.65. The predicted molar refractivity (Wildman–Crippen MR) is 64.6 cm³/mol. The smallest absolute Gasteiger partial charge is 0.232 e. The van der Waals surface area contributed by atoms with Gasteiger partial charge in [0.15, 0.2) is 12.6 Å². The maximum atomic E-state index is 13.2. The lowest BCUT2D eigenvalue weighted by atomic mass is 10.1. The molecule has 1 aromatic rings. The first kappa shape index (κ1) is 14.2. The molecule has 19 heavy (non-hydrogen) atoms. The third-order valence-corrected chi connectivity index (χ3v) is 3.11. The first-order valence-electron chi connectivity index (χ1n) is 5.65. The molecule has 0 bridgehead atoms. The molecule has 1 aliphatic rings. The minimum atomic E-state index is -0.936. The first-order chi connectivity index (χ1) is 8.88. The molecule has 104 valence electrons. The summed E-state index contributed by atoms with van der Waals surface area (Å²) in [6, 6.07) is 1.59. The monoisotopic (exact) mass is 291 g/mol. The fraction of sp³-hybridized carbons (Fsp3) is 0.417. The Morgan fingerprint density at radius 1 is 1.42 bits per heavy atom. The number of amides is 1. The molecule has 4 nitrogen and oxygen atoms in total. The Bertz CT molecular complexity index is 506. The highest BCUT2D eigenvalue weighted by atomic mass is 35.5. The molecule has 0 radical (unpaired) electrons. The van der Waals surface area contributed by atoms with Crippen molar-refractivity contribution in [3.05, 3.63) is 28.8 Å². The van der Waals surface area contributed by atoms with Crippen LogP contribution in [0, 0.1) is 17.6 Å². The Kier molecular flexibility index (Phi) is 4.03. The Morgan fingerprint density at radius 3 is 2.63 bits per heavy atom. The van der Waals surface area contributed by atoms with Crippen LogP contribution in [-0.2, 0) is 14.3 Å². The van der Waals surface area contributed by atoms with Crippen LogP contribution in [0.5, 0.6) is 0 Å². The number of nitrogens with one attached hydrogen (secondary N) is 1. The van der Waals surface area contributed by atoms with Gasteiger partial charge in [-0.1, -0.05) is 11.6 Å². The summed E-state index contributed by atoms with van der Waals surface area (Å²) < 4.78 is 36.6. The number of hydrogen-bond acceptors (Lipinski definition) is 3. The van der Waals surface area contributed by atoms with Crippen LogP contribution in [-0.4, -0.2) is 18.5 Å². The van der Waals surface area contributed by atoms with Gasteiger partial charge >= 0.3 is 0 Å². The summed E-state index contributed by atoms with van der Waals surface area (Å²) in [5.74, 6) is -2.88. The van der Waals surface area contributed by atoms with Crippen molar-refractivity contribution in [1.29, 1.82) is 0 Å². The number of benzene rings is 1. The van der Waals surface area contributed by atoms with Crippen LogP contribution in [0.15, 0.2) is 12.1 Å². The van der Waals surface area contributed by atoms with E-state index in [-0.39, 0.29) is 17.0 Å². The van der Waals surface area contributed by atoms with Gasteiger partial charge in [-0.3, -0.25) is 4.79 Å². The summed E-state index contributed by atoms with van der Waals surface area (Å²) in [4.78, 5) is 11.9. The number of halogens is 3. The van der Waals surface area contributed by atoms with E-state index in [0.29, 0.717) is 6.07 Å². The maximum Gasteiger partial charge on any atom is 0.232 e. The Hall–Kier alpha value is -1.24. The van der Waals surface area contributed by atoms with Crippen LogP contribution in [0.2, 0.25) is 5.02 Å². The lowest BCUT2D eigenvalue weighted by Crippen LogP contribution is -2.46. The van der Waals surface area contributed by atoms with Crippen LogP contribution < -0.4 is 5.32 Å². The van der Waals surface area contributed by atoms with Crippen LogP contribution in [0.25, 0.3) is 0 Å². The maximum absolute atomic E-state index is 13.2. The minimum absolute atomic E-state index is 0.122. The summed E-state index contributed by atoms with van der Waals surface area (Å²) in [7, 11) is 0. The van der Waals surface area contributed by atoms with Crippen molar-refractivity contribution in [1.82, 2.24) is 0 Å². The summed E-state index contributed by atoms with van der Waals surface area (Å²) in [5.41, 5.74) is -0.122. The van der Waals surface area contributed by atoms with E-state index in [1.54, 1.807) is 13.8 Å². The fourth-order valence-corrected chi connectivity index (χ4v) is 1.80. The molecular weight excluding hydrogens is 280 g/mol. The molecule has 1 unspecified atom stereocenters. The van der Waals surface area contributed by atoms with E-state index in [9.17, 15) is 13.6 Å². The Labute approximate surface area is 113 Å². The van der Waals surface area contributed by atoms with Crippen molar-refractivity contribution in [2.75, 3.05) is 5.32 Å². The molecule has 1 heterocycles. The van der Waals surface area contributed by atoms with E-state index in [1.807, 2.05) is 0 Å². The third kappa shape index (κ3) is 3.02. The highest BCUT2D eigenvalue weighted by molar-refractivity contribution is 6.33. The highest BCUT2D eigenvalue weighted by Crippen LogP contribution is 2.28. The summed E-state index contributed by atoms with van der Waals surface area (Å²) in [6.45, 7) is 3.27. The molecule has 0 aliphatic carbocycles. The van der Waals surface area contributed by atoms with Gasteiger partial charge in [0.25, 0.3) is 0 Å². The number of anilines is 1. The lowest BCUT2D eigenvalue weighted by molar-refractivity contribution is -0.385. The molecule has 1 aromatic carbocycles. The van der Waals surface area contributed by atoms with E-state index in [1.165, 1.54) is 0 Å². The average Bonchev–Trinajstić information content (AvgIpc) is 2.30. The summed E-state index contributed by atoms with van der Waals surface area (Å²) in [5, 5.41) is 2.00. The lowest BCUT2D eigenvalue weighted by Gasteiger charge is -2.36. The molecule has 0 saturated carbocycles. The van der Waals surface area contributed by atoms with Crippen molar-refractivity contribution >= 4 is 23.2 Å². The van der Waals surface area contributed by atoms with Gasteiger partial charge in [0, 0.05) is 6.07 Å². The Morgan fingerprint density at radius 2 is 2.05 bits per heavy atom. The van der Waals surface area contributed by atoms with Crippen LogP contribution in [0.4, 0.5) is 14.5 Å². The second-order valence-corrected chi connectivity index (χ2v) is 4.61. The van der Waals surface area contributed by atoms with Crippen molar-refractivity contribution in [2.24, 2.45) is 5.92 Å². The van der Waals surface area contributed by atoms with Crippen molar-refractivity contribution in [3.8, 4) is 0 Å². The molecule has 1 amide bonds. The molecule has 1 aliphatic heterocycles. The van der Waals surface area contributed by atoms with E-state index in [4.69, 9.17) is 21.1 Å². The zero-order valence-electron chi connectivity index (χ0n) is 10.2. The first-order valence-corrected chi connectivity index (χ1v) is 6.02. The van der Waals surface area contributed by atoms with Gasteiger partial charge in [-0.25, -0.2) is 8.78 Å². The zero-order valence-corrected chi connectivity index (χ0v) is 11.0. The van der Waals surface area contributed by atoms with Crippen LogP contribution in [0.1, 0.15) is 13.8 Å². The molecule has 2 rings (SSSR count). The number of ether oxygens (including phenoxy) is 2. The second kappa shape index (κ2) is 5.40. The normalized spacial score (nSPS) is 23.6. The fourth-order valence-electron chi connectivity index (χ4n) is 1.64. The predicted octanol–water partition coefficient (Wildman–Crippen LogP) is 2.91. The number of carbonyl (C=O) groups is 1. The van der Waals surface area contributed by atoms with Crippen LogP contribution in [0.3, 0.4) is 0 Å². The quantitative estimate of drug-likeness (QED) is 0.871. The number of carbonyl (C=O) groups excluding carboxylic acids is 1. The van der Waals surface area contributed by atoms with Crippen LogP contribution >= 0.6 is 11.6 Å². The molecule has 0 aromatic heterocycles. The number of hydrogen-bond donors (Lipinski definition) is 1. The zero-order chi connectivity index (χ0) is 14.2. The highest BCUT2D eigenvalue weighted by Gasteiger charge is 2.36. The standard InChI is InChI=1S/C12H12ClF2NO3/c1-5(12-18-6(2)19-12)11(17)16-9-4-7(14)3-8(15)10(9)13/h3-6,12H,1-2H3,(H,16,17). The molecule has 7 heteroatoms. The summed E-state index contributed by atoms with van der Waals surface area (Å²) in [6.07, 6.45) is -1.01. The topological polar surface area (TPSA) is 47.6 Å². The molecule has 1 saturated heterocycles. The molecule has 1 N–H and O–H groups in total. The van der Waals surface area contributed by atoms with Gasteiger partial charge in [-0.05, 0) is 19.9 Å². The van der Waals surface area contributed by atoms with Gasteiger partial charge < -0.3 is 14.8 Å². The number of rotatable bonds is 3. The van der Waals surface area contributed by atoms with E-state index in [2.05, 4.69) is 5.32 Å². The third-order valence-electron chi connectivity index (χ3n) is 2.72. The molecule has 1 atom stereocenters. The van der Waals surface area contributed by atoms with Crippen molar-refractivity contribution in [2.45, 2.75) is 26.4 Å². The molecule has 1 fully saturated rings. The van der Waals surface area contributed by atoms with Crippen molar-refractivity contribution < 1.29 is 23.0 Å². The van der Waals surface area contributed by atoms with Gasteiger partial charge in [0.2, 0.25) is 5.91 Å². The SMILES string of the molecule is CC1OC(C(C)C(=O)Nc2cc(F)cc(F)c2Cl)O1.